The maximum atomic E-state index is 13.1. The molecule has 1 aliphatic rings. The van der Waals surface area contributed by atoms with E-state index in [2.05, 4.69) is 31.3 Å². The molecule has 8 nitrogen and oxygen atoms in total. The predicted molar refractivity (Wildman–Crippen MR) is 149 cm³/mol. The molecule has 8 heteroatoms. The number of hydrogen-bond acceptors (Lipinski definition) is 6. The van der Waals surface area contributed by atoms with Crippen LogP contribution in [0.2, 0.25) is 0 Å². The third-order valence-corrected chi connectivity index (χ3v) is 6.53. The van der Waals surface area contributed by atoms with E-state index in [1.807, 2.05) is 25.1 Å². The summed E-state index contributed by atoms with van der Waals surface area (Å²) in [5.74, 6) is 0.733. The van der Waals surface area contributed by atoms with Crippen LogP contribution in [0.15, 0.2) is 72.3 Å². The number of carbonyl (C=O) groups is 3. The molecule has 1 heterocycles. The molecule has 202 valence electrons. The Hall–Kier alpha value is -4.59. The van der Waals surface area contributed by atoms with Crippen molar-refractivity contribution in [3.63, 3.8) is 0 Å². The topological polar surface area (TPSA) is 94.2 Å². The van der Waals surface area contributed by atoms with E-state index in [0.717, 1.165) is 22.6 Å². The molecule has 0 aliphatic carbocycles. The van der Waals surface area contributed by atoms with Crippen molar-refractivity contribution in [2.75, 3.05) is 25.2 Å². The number of hydrogen-bond donors (Lipinski definition) is 1. The van der Waals surface area contributed by atoms with Crippen LogP contribution in [0.5, 0.6) is 17.2 Å². The van der Waals surface area contributed by atoms with Crippen LogP contribution >= 0.6 is 0 Å². The Balaban J connectivity index is 1.43. The summed E-state index contributed by atoms with van der Waals surface area (Å²) >= 11 is 0. The molecule has 0 aromatic heterocycles. The van der Waals surface area contributed by atoms with Crippen molar-refractivity contribution in [1.82, 2.24) is 5.32 Å². The number of carbonyl (C=O) groups excluding carboxylic acids is 3. The SMILES string of the molecule is CC[C@@H](C)c1ccc(OCCOc2ccc(/C=C3/C(=O)NC(=O)N(c4cccc(C)c4)C3=O)cc2OC)cc1. The molecule has 1 fully saturated rings. The first-order chi connectivity index (χ1) is 18.8. The number of barbiturate groups is 1. The van der Waals surface area contributed by atoms with E-state index in [1.165, 1.54) is 18.7 Å². The number of amides is 4. The van der Waals surface area contributed by atoms with Gasteiger partial charge in [0.25, 0.3) is 11.8 Å². The van der Waals surface area contributed by atoms with Crippen LogP contribution in [0.25, 0.3) is 6.08 Å². The van der Waals surface area contributed by atoms with Crippen LogP contribution in [-0.2, 0) is 9.59 Å². The fraction of sp³-hybridized carbons (Fsp3) is 0.258. The van der Waals surface area contributed by atoms with Gasteiger partial charge in [-0.1, -0.05) is 44.2 Å². The van der Waals surface area contributed by atoms with Gasteiger partial charge in [-0.25, -0.2) is 9.69 Å². The van der Waals surface area contributed by atoms with E-state index in [1.54, 1.807) is 36.4 Å². The van der Waals surface area contributed by atoms with E-state index >= 15 is 0 Å². The molecule has 4 rings (SSSR count). The van der Waals surface area contributed by atoms with Gasteiger partial charge in [-0.3, -0.25) is 14.9 Å². The second kappa shape index (κ2) is 12.3. The lowest BCUT2D eigenvalue weighted by atomic mass is 9.99. The number of rotatable bonds is 10. The molecular formula is C31H32N2O6. The minimum atomic E-state index is -0.789. The lowest BCUT2D eigenvalue weighted by Gasteiger charge is -2.26. The van der Waals surface area contributed by atoms with Gasteiger partial charge in [0.15, 0.2) is 11.5 Å². The summed E-state index contributed by atoms with van der Waals surface area (Å²) < 4.78 is 17.1. The number of nitrogens with zero attached hydrogens (tertiary/aromatic N) is 1. The van der Waals surface area contributed by atoms with Crippen LogP contribution in [0.3, 0.4) is 0 Å². The summed E-state index contributed by atoms with van der Waals surface area (Å²) in [4.78, 5) is 39.1. The van der Waals surface area contributed by atoms with Gasteiger partial charge in [0.1, 0.15) is 24.5 Å². The maximum absolute atomic E-state index is 13.1. The van der Waals surface area contributed by atoms with Gasteiger partial charge in [0, 0.05) is 0 Å². The lowest BCUT2D eigenvalue weighted by Crippen LogP contribution is -2.54. The third-order valence-electron chi connectivity index (χ3n) is 6.53. The zero-order valence-corrected chi connectivity index (χ0v) is 22.5. The fourth-order valence-corrected chi connectivity index (χ4v) is 4.16. The van der Waals surface area contributed by atoms with Crippen molar-refractivity contribution in [2.45, 2.75) is 33.1 Å². The standard InChI is InChI=1S/C31H32N2O6/c1-5-21(3)23-10-12-25(13-11-23)38-15-16-39-27-14-9-22(19-28(27)37-4)18-26-29(34)32-31(36)33(30(26)35)24-8-6-7-20(2)17-24/h6-14,17-19,21H,5,15-16H2,1-4H3,(H,32,34,36)/b26-18-/t21-/m1/s1. The average molecular weight is 529 g/mol. The van der Waals surface area contributed by atoms with Crippen molar-refractivity contribution < 1.29 is 28.6 Å². The van der Waals surface area contributed by atoms with Crippen LogP contribution in [0.1, 0.15) is 42.9 Å². The van der Waals surface area contributed by atoms with Crippen molar-refractivity contribution in [3.8, 4) is 17.2 Å². The first-order valence-electron chi connectivity index (χ1n) is 12.8. The Labute approximate surface area is 228 Å². The Bertz CT molecular complexity index is 1400. The molecule has 0 spiro atoms. The minimum absolute atomic E-state index is 0.167. The van der Waals surface area contributed by atoms with Gasteiger partial charge < -0.3 is 14.2 Å². The minimum Gasteiger partial charge on any atom is -0.493 e. The summed E-state index contributed by atoms with van der Waals surface area (Å²) in [6.45, 7) is 6.85. The Morgan fingerprint density at radius 1 is 0.923 bits per heavy atom. The molecule has 0 bridgehead atoms. The highest BCUT2D eigenvalue weighted by Gasteiger charge is 2.36. The van der Waals surface area contributed by atoms with Crippen LogP contribution < -0.4 is 24.4 Å². The summed E-state index contributed by atoms with van der Waals surface area (Å²) in [6, 6.07) is 19.3. The van der Waals surface area contributed by atoms with Crippen LogP contribution in [-0.4, -0.2) is 38.2 Å². The van der Waals surface area contributed by atoms with E-state index in [-0.39, 0.29) is 5.57 Å². The smallest absolute Gasteiger partial charge is 0.335 e. The number of methoxy groups -OCH3 is 1. The molecule has 0 radical (unpaired) electrons. The number of benzene rings is 3. The maximum Gasteiger partial charge on any atom is 0.335 e. The zero-order valence-electron chi connectivity index (χ0n) is 22.5. The Morgan fingerprint density at radius 2 is 1.67 bits per heavy atom. The first-order valence-corrected chi connectivity index (χ1v) is 12.8. The first kappa shape index (κ1) is 27.4. The van der Waals surface area contributed by atoms with Crippen LogP contribution in [0, 0.1) is 6.92 Å². The largest absolute Gasteiger partial charge is 0.493 e. The van der Waals surface area contributed by atoms with Gasteiger partial charge in [0.05, 0.1) is 12.8 Å². The molecule has 1 aliphatic heterocycles. The number of imide groups is 2. The molecular weight excluding hydrogens is 496 g/mol. The van der Waals surface area contributed by atoms with Gasteiger partial charge in [-0.15, -0.1) is 0 Å². The average Bonchev–Trinajstić information content (AvgIpc) is 2.93. The van der Waals surface area contributed by atoms with E-state index in [9.17, 15) is 14.4 Å². The molecule has 3 aromatic rings. The van der Waals surface area contributed by atoms with Crippen molar-refractivity contribution in [3.05, 3.63) is 89.0 Å². The van der Waals surface area contributed by atoms with Crippen molar-refractivity contribution in [2.24, 2.45) is 0 Å². The zero-order chi connectivity index (χ0) is 27.9. The number of urea groups is 1. The molecule has 1 N–H and O–H groups in total. The molecule has 0 unspecified atom stereocenters. The Kier molecular flexibility index (Phi) is 8.66. The predicted octanol–water partition coefficient (Wildman–Crippen LogP) is 5.64. The third kappa shape index (κ3) is 6.46. The molecule has 1 atom stereocenters. The Morgan fingerprint density at radius 3 is 2.36 bits per heavy atom. The lowest BCUT2D eigenvalue weighted by molar-refractivity contribution is -0.122. The molecule has 39 heavy (non-hydrogen) atoms. The van der Waals surface area contributed by atoms with Crippen molar-refractivity contribution in [1.29, 1.82) is 0 Å². The van der Waals surface area contributed by atoms with Gasteiger partial charge >= 0.3 is 6.03 Å². The number of nitrogens with one attached hydrogen (secondary N) is 1. The summed E-state index contributed by atoms with van der Waals surface area (Å²) in [5.41, 5.74) is 2.91. The molecule has 4 amide bonds. The highest BCUT2D eigenvalue weighted by atomic mass is 16.5. The second-order valence-electron chi connectivity index (χ2n) is 9.28. The monoisotopic (exact) mass is 528 g/mol. The van der Waals surface area contributed by atoms with E-state index in [4.69, 9.17) is 14.2 Å². The summed E-state index contributed by atoms with van der Waals surface area (Å²) in [7, 11) is 1.51. The number of ether oxygens (including phenoxy) is 3. The highest BCUT2D eigenvalue weighted by Crippen LogP contribution is 2.30. The second-order valence-corrected chi connectivity index (χ2v) is 9.28. The summed E-state index contributed by atoms with van der Waals surface area (Å²) in [6.07, 6.45) is 2.51. The van der Waals surface area contributed by atoms with Gasteiger partial charge in [-0.2, -0.15) is 0 Å². The molecule has 1 saturated heterocycles. The normalized spacial score (nSPS) is 15.2. The van der Waals surface area contributed by atoms with Crippen molar-refractivity contribution >= 4 is 29.6 Å². The van der Waals surface area contributed by atoms with Gasteiger partial charge in [0.2, 0.25) is 0 Å². The van der Waals surface area contributed by atoms with E-state index < -0.39 is 17.8 Å². The van der Waals surface area contributed by atoms with E-state index in [0.29, 0.717) is 41.9 Å². The fourth-order valence-electron chi connectivity index (χ4n) is 4.16. The summed E-state index contributed by atoms with van der Waals surface area (Å²) in [5, 5.41) is 2.24. The highest BCUT2D eigenvalue weighted by molar-refractivity contribution is 6.39. The quantitative estimate of drug-likeness (QED) is 0.208. The number of aryl methyl sites for hydroxylation is 1. The molecule has 0 saturated carbocycles. The number of anilines is 1. The molecule has 3 aromatic carbocycles. The van der Waals surface area contributed by atoms with Crippen LogP contribution in [0.4, 0.5) is 10.5 Å². The van der Waals surface area contributed by atoms with Gasteiger partial charge in [-0.05, 0) is 78.4 Å².